The van der Waals surface area contributed by atoms with E-state index >= 15 is 0 Å². The molecule has 0 saturated carbocycles. The number of carbonyl (C=O) groups is 2. The fourth-order valence-electron chi connectivity index (χ4n) is 1.16. The van der Waals surface area contributed by atoms with E-state index < -0.39 is 0 Å². The van der Waals surface area contributed by atoms with E-state index in [1.165, 1.54) is 0 Å². The minimum Gasteiger partial charge on any atom is -0.356 e. The van der Waals surface area contributed by atoms with Crippen LogP contribution in [0.15, 0.2) is 0 Å². The Labute approximate surface area is 110 Å². The first-order valence-electron chi connectivity index (χ1n) is 5.88. The van der Waals surface area contributed by atoms with Crippen LogP contribution in [0.25, 0.3) is 0 Å². The number of hydrogen-bond donors (Lipinski definition) is 3. The van der Waals surface area contributed by atoms with Gasteiger partial charge in [0.05, 0.1) is 0 Å². The first-order valence-corrected chi connectivity index (χ1v) is 5.88. The molecule has 0 aromatic heterocycles. The standard InChI is InChI=1S/C11H23N3O2.ClH/c1-3-7-13-10(15)5-6-11(16)14-9-4-8-12-2;/h12H,3-9H2,1-2H3,(H,13,15)(H,14,16);1H. The summed E-state index contributed by atoms with van der Waals surface area (Å²) >= 11 is 0. The Morgan fingerprint density at radius 2 is 1.47 bits per heavy atom. The van der Waals surface area contributed by atoms with Gasteiger partial charge in [-0.25, -0.2) is 0 Å². The van der Waals surface area contributed by atoms with Crippen molar-refractivity contribution in [2.45, 2.75) is 32.6 Å². The molecule has 0 unspecified atom stereocenters. The minimum atomic E-state index is -0.0530. The van der Waals surface area contributed by atoms with Crippen LogP contribution in [0.3, 0.4) is 0 Å². The molecule has 0 aromatic carbocycles. The molecule has 0 rings (SSSR count). The van der Waals surface area contributed by atoms with Crippen molar-refractivity contribution in [3.8, 4) is 0 Å². The van der Waals surface area contributed by atoms with Crippen LogP contribution in [-0.2, 0) is 9.59 Å². The molecule has 17 heavy (non-hydrogen) atoms. The topological polar surface area (TPSA) is 70.2 Å². The highest BCUT2D eigenvalue weighted by Gasteiger charge is 2.05. The molecule has 102 valence electrons. The third-order valence-electron chi connectivity index (χ3n) is 2.08. The molecule has 0 saturated heterocycles. The molecular formula is C11H24ClN3O2. The molecule has 0 bridgehead atoms. The lowest BCUT2D eigenvalue weighted by molar-refractivity contribution is -0.126. The van der Waals surface area contributed by atoms with Crippen molar-refractivity contribution in [2.75, 3.05) is 26.7 Å². The third kappa shape index (κ3) is 13.1. The van der Waals surface area contributed by atoms with Crippen molar-refractivity contribution in [2.24, 2.45) is 0 Å². The summed E-state index contributed by atoms with van der Waals surface area (Å²) in [4.78, 5) is 22.5. The van der Waals surface area contributed by atoms with E-state index in [2.05, 4.69) is 16.0 Å². The largest absolute Gasteiger partial charge is 0.356 e. The number of nitrogens with one attached hydrogen (secondary N) is 3. The number of rotatable bonds is 9. The second-order valence-corrected chi connectivity index (χ2v) is 3.66. The highest BCUT2D eigenvalue weighted by molar-refractivity contribution is 5.85. The van der Waals surface area contributed by atoms with Crippen LogP contribution in [0.5, 0.6) is 0 Å². The summed E-state index contributed by atoms with van der Waals surface area (Å²) in [6.45, 7) is 4.23. The highest BCUT2D eigenvalue weighted by atomic mass is 35.5. The van der Waals surface area contributed by atoms with E-state index in [0.717, 1.165) is 19.4 Å². The molecule has 5 nitrogen and oxygen atoms in total. The number of amides is 2. The van der Waals surface area contributed by atoms with Gasteiger partial charge < -0.3 is 16.0 Å². The van der Waals surface area contributed by atoms with E-state index in [-0.39, 0.29) is 37.1 Å². The van der Waals surface area contributed by atoms with Gasteiger partial charge in [0.25, 0.3) is 0 Å². The van der Waals surface area contributed by atoms with Crippen molar-refractivity contribution in [3.63, 3.8) is 0 Å². The monoisotopic (exact) mass is 265 g/mol. The molecular weight excluding hydrogens is 242 g/mol. The Bertz CT molecular complexity index is 213. The fraction of sp³-hybridized carbons (Fsp3) is 0.818. The maximum Gasteiger partial charge on any atom is 0.220 e. The summed E-state index contributed by atoms with van der Waals surface area (Å²) < 4.78 is 0. The van der Waals surface area contributed by atoms with Gasteiger partial charge >= 0.3 is 0 Å². The lowest BCUT2D eigenvalue weighted by atomic mass is 10.2. The lowest BCUT2D eigenvalue weighted by Crippen LogP contribution is -2.29. The van der Waals surface area contributed by atoms with E-state index in [1.54, 1.807) is 0 Å². The van der Waals surface area contributed by atoms with Gasteiger partial charge in [0, 0.05) is 25.9 Å². The number of halogens is 1. The average molecular weight is 266 g/mol. The van der Waals surface area contributed by atoms with Crippen molar-refractivity contribution in [3.05, 3.63) is 0 Å². The summed E-state index contributed by atoms with van der Waals surface area (Å²) in [6.07, 6.45) is 2.37. The molecule has 0 aromatic rings. The van der Waals surface area contributed by atoms with Gasteiger partial charge in [-0.1, -0.05) is 6.92 Å². The molecule has 6 heteroatoms. The van der Waals surface area contributed by atoms with Gasteiger partial charge in [0.1, 0.15) is 0 Å². The molecule has 0 atom stereocenters. The van der Waals surface area contributed by atoms with E-state index in [1.807, 2.05) is 14.0 Å². The van der Waals surface area contributed by atoms with Gasteiger partial charge in [0.15, 0.2) is 0 Å². The van der Waals surface area contributed by atoms with Crippen LogP contribution >= 0.6 is 12.4 Å². The normalized spacial score (nSPS) is 9.29. The van der Waals surface area contributed by atoms with E-state index in [4.69, 9.17) is 0 Å². The number of hydrogen-bond acceptors (Lipinski definition) is 3. The molecule has 0 heterocycles. The molecule has 0 aliphatic heterocycles. The minimum absolute atomic E-state index is 0. The maximum atomic E-state index is 11.3. The molecule has 0 fully saturated rings. The second-order valence-electron chi connectivity index (χ2n) is 3.66. The second kappa shape index (κ2) is 13.3. The van der Waals surface area contributed by atoms with Crippen LogP contribution in [0.4, 0.5) is 0 Å². The Morgan fingerprint density at radius 1 is 0.941 bits per heavy atom. The Kier molecular flexibility index (Phi) is 14.5. The summed E-state index contributed by atoms with van der Waals surface area (Å²) in [7, 11) is 1.87. The SMILES string of the molecule is CCCNC(=O)CCC(=O)NCCCNC.Cl. The Morgan fingerprint density at radius 3 is 1.94 bits per heavy atom. The zero-order valence-corrected chi connectivity index (χ0v) is 11.5. The molecule has 0 aliphatic rings. The zero-order valence-electron chi connectivity index (χ0n) is 10.7. The van der Waals surface area contributed by atoms with E-state index in [0.29, 0.717) is 13.1 Å². The zero-order chi connectivity index (χ0) is 12.2. The predicted octanol–water partition coefficient (Wildman–Crippen LogP) is 0.440. The third-order valence-corrected chi connectivity index (χ3v) is 2.08. The van der Waals surface area contributed by atoms with Crippen LogP contribution in [0, 0.1) is 0 Å². The summed E-state index contributed by atoms with van der Waals surface area (Å²) in [5, 5.41) is 8.50. The Hall–Kier alpha value is -0.810. The summed E-state index contributed by atoms with van der Waals surface area (Å²) in [5.41, 5.74) is 0. The van der Waals surface area contributed by atoms with Crippen molar-refractivity contribution in [1.82, 2.24) is 16.0 Å². The molecule has 0 radical (unpaired) electrons. The fourth-order valence-corrected chi connectivity index (χ4v) is 1.16. The first kappa shape index (κ1) is 18.6. The Balaban J connectivity index is 0. The summed E-state index contributed by atoms with van der Waals surface area (Å²) in [6, 6.07) is 0. The lowest BCUT2D eigenvalue weighted by Gasteiger charge is -2.05. The summed E-state index contributed by atoms with van der Waals surface area (Å²) in [5.74, 6) is -0.102. The van der Waals surface area contributed by atoms with Gasteiger partial charge in [-0.2, -0.15) is 0 Å². The van der Waals surface area contributed by atoms with Crippen molar-refractivity contribution in [1.29, 1.82) is 0 Å². The first-order chi connectivity index (χ1) is 7.70. The molecule has 2 amide bonds. The highest BCUT2D eigenvalue weighted by Crippen LogP contribution is 1.89. The number of carbonyl (C=O) groups excluding carboxylic acids is 2. The van der Waals surface area contributed by atoms with E-state index in [9.17, 15) is 9.59 Å². The quantitative estimate of drug-likeness (QED) is 0.530. The van der Waals surface area contributed by atoms with Gasteiger partial charge in [-0.05, 0) is 26.4 Å². The smallest absolute Gasteiger partial charge is 0.220 e. The molecule has 0 spiro atoms. The average Bonchev–Trinajstić information content (AvgIpc) is 2.29. The van der Waals surface area contributed by atoms with Crippen LogP contribution in [0.1, 0.15) is 32.6 Å². The van der Waals surface area contributed by atoms with Gasteiger partial charge in [-0.15, -0.1) is 12.4 Å². The maximum absolute atomic E-state index is 11.3. The van der Waals surface area contributed by atoms with Crippen LogP contribution in [-0.4, -0.2) is 38.5 Å². The van der Waals surface area contributed by atoms with Gasteiger partial charge in [-0.3, -0.25) is 9.59 Å². The van der Waals surface area contributed by atoms with Crippen molar-refractivity contribution >= 4 is 24.2 Å². The molecule has 3 N–H and O–H groups in total. The van der Waals surface area contributed by atoms with Crippen molar-refractivity contribution < 1.29 is 9.59 Å². The van der Waals surface area contributed by atoms with Crippen LogP contribution in [0.2, 0.25) is 0 Å². The van der Waals surface area contributed by atoms with Crippen LogP contribution < -0.4 is 16.0 Å². The predicted molar refractivity (Wildman–Crippen MR) is 71.3 cm³/mol. The molecule has 0 aliphatic carbocycles. The van der Waals surface area contributed by atoms with Gasteiger partial charge in [0.2, 0.25) is 11.8 Å².